The number of fused-ring (bicyclic) bond motifs is 2. The Kier molecular flexibility index (Phi) is 2.54. The van der Waals surface area contributed by atoms with E-state index in [0.717, 1.165) is 55.0 Å². The Balaban J connectivity index is 1.81. The Labute approximate surface area is 119 Å². The number of nitrogens with zero attached hydrogens (tertiary/aromatic N) is 4. The molecule has 20 heavy (non-hydrogen) atoms. The molecule has 0 aliphatic carbocycles. The van der Waals surface area contributed by atoms with Gasteiger partial charge in [0.25, 0.3) is 0 Å². The molecule has 0 unspecified atom stereocenters. The van der Waals surface area contributed by atoms with Crippen molar-refractivity contribution in [3.63, 3.8) is 0 Å². The number of hydrogen-bond acceptors (Lipinski definition) is 4. The molecule has 0 radical (unpaired) electrons. The second kappa shape index (κ2) is 4.19. The van der Waals surface area contributed by atoms with Crippen molar-refractivity contribution in [1.82, 2.24) is 19.9 Å². The van der Waals surface area contributed by atoms with Gasteiger partial charge in [-0.1, -0.05) is 0 Å². The molecular weight excluding hydrogens is 250 g/mol. The van der Waals surface area contributed by atoms with Gasteiger partial charge in [0.2, 0.25) is 0 Å². The second-order valence-electron chi connectivity index (χ2n) is 6.28. The van der Waals surface area contributed by atoms with Crippen molar-refractivity contribution in [2.45, 2.75) is 20.8 Å². The molecule has 1 N–H and O–H groups in total. The lowest BCUT2D eigenvalue weighted by Gasteiger charge is -2.20. The normalized spacial score (nSPS) is 25.6. The first kappa shape index (κ1) is 12.1. The predicted molar refractivity (Wildman–Crippen MR) is 79.3 cm³/mol. The summed E-state index contributed by atoms with van der Waals surface area (Å²) >= 11 is 0. The molecule has 2 saturated heterocycles. The molecule has 4 rings (SSSR count). The van der Waals surface area contributed by atoms with Crippen LogP contribution in [0.3, 0.4) is 0 Å². The van der Waals surface area contributed by atoms with E-state index in [4.69, 9.17) is 0 Å². The zero-order valence-electron chi connectivity index (χ0n) is 12.3. The van der Waals surface area contributed by atoms with Gasteiger partial charge in [-0.15, -0.1) is 0 Å². The molecule has 5 heteroatoms. The maximum absolute atomic E-state index is 4.69. The van der Waals surface area contributed by atoms with Crippen LogP contribution in [0.5, 0.6) is 0 Å². The molecule has 4 heterocycles. The fourth-order valence-corrected chi connectivity index (χ4v) is 3.60. The number of rotatable bonds is 1. The highest BCUT2D eigenvalue weighted by Gasteiger charge is 2.37. The summed E-state index contributed by atoms with van der Waals surface area (Å²) < 4.78 is 2.03. The average molecular weight is 271 g/mol. The minimum Gasteiger partial charge on any atom is -0.356 e. The molecule has 2 aliphatic heterocycles. The van der Waals surface area contributed by atoms with Crippen molar-refractivity contribution < 1.29 is 0 Å². The average Bonchev–Trinajstić information content (AvgIpc) is 3.05. The van der Waals surface area contributed by atoms with Crippen LogP contribution in [-0.4, -0.2) is 40.8 Å². The molecule has 2 aromatic rings. The first-order valence-electron chi connectivity index (χ1n) is 7.42. The van der Waals surface area contributed by atoms with Crippen molar-refractivity contribution in [3.8, 4) is 0 Å². The number of hydrogen-bond donors (Lipinski definition) is 1. The first-order chi connectivity index (χ1) is 9.63. The fourth-order valence-electron chi connectivity index (χ4n) is 3.60. The van der Waals surface area contributed by atoms with Gasteiger partial charge >= 0.3 is 0 Å². The maximum atomic E-state index is 4.69. The van der Waals surface area contributed by atoms with E-state index in [1.54, 1.807) is 0 Å². The Hall–Kier alpha value is -1.62. The van der Waals surface area contributed by atoms with Gasteiger partial charge in [0, 0.05) is 43.5 Å². The van der Waals surface area contributed by atoms with Gasteiger partial charge in [-0.25, -0.2) is 4.98 Å². The van der Waals surface area contributed by atoms with Gasteiger partial charge in [-0.2, -0.15) is 9.61 Å². The van der Waals surface area contributed by atoms with E-state index in [1.807, 2.05) is 4.52 Å². The summed E-state index contributed by atoms with van der Waals surface area (Å²) in [4.78, 5) is 7.15. The zero-order valence-corrected chi connectivity index (χ0v) is 12.3. The highest BCUT2D eigenvalue weighted by Crippen LogP contribution is 2.31. The van der Waals surface area contributed by atoms with Gasteiger partial charge in [0.15, 0.2) is 5.65 Å². The summed E-state index contributed by atoms with van der Waals surface area (Å²) in [5.41, 5.74) is 4.35. The lowest BCUT2D eigenvalue weighted by atomic mass is 10.0. The van der Waals surface area contributed by atoms with Crippen LogP contribution in [0.4, 0.5) is 5.82 Å². The topological polar surface area (TPSA) is 45.5 Å². The lowest BCUT2D eigenvalue weighted by molar-refractivity contribution is 0.533. The van der Waals surface area contributed by atoms with Crippen LogP contribution < -0.4 is 10.2 Å². The van der Waals surface area contributed by atoms with Gasteiger partial charge in [-0.05, 0) is 32.6 Å². The lowest BCUT2D eigenvalue weighted by Crippen LogP contribution is -2.27. The molecule has 0 bridgehead atoms. The highest BCUT2D eigenvalue weighted by molar-refractivity contribution is 5.57. The van der Waals surface area contributed by atoms with Crippen molar-refractivity contribution in [2.24, 2.45) is 11.8 Å². The summed E-state index contributed by atoms with van der Waals surface area (Å²) in [6.07, 6.45) is 0. The SMILES string of the molecule is Cc1cc(N2C[C@H]3CNC[C@H]3C2)n2nc(C)c(C)c2n1. The molecule has 0 amide bonds. The van der Waals surface area contributed by atoms with Crippen LogP contribution in [0.1, 0.15) is 17.0 Å². The minimum absolute atomic E-state index is 0.788. The smallest absolute Gasteiger partial charge is 0.160 e. The Morgan fingerprint density at radius 1 is 1.15 bits per heavy atom. The van der Waals surface area contributed by atoms with Crippen LogP contribution in [0, 0.1) is 32.6 Å². The van der Waals surface area contributed by atoms with E-state index in [2.05, 4.69) is 47.1 Å². The van der Waals surface area contributed by atoms with Gasteiger partial charge in [-0.3, -0.25) is 0 Å². The van der Waals surface area contributed by atoms with Crippen LogP contribution in [-0.2, 0) is 0 Å². The number of aromatic nitrogens is 3. The van der Waals surface area contributed by atoms with E-state index in [-0.39, 0.29) is 0 Å². The summed E-state index contributed by atoms with van der Waals surface area (Å²) in [6.45, 7) is 10.8. The molecule has 0 aromatic carbocycles. The fraction of sp³-hybridized carbons (Fsp3) is 0.600. The van der Waals surface area contributed by atoms with E-state index in [1.165, 1.54) is 11.4 Å². The minimum atomic E-state index is 0.788. The van der Waals surface area contributed by atoms with Crippen molar-refractivity contribution in [3.05, 3.63) is 23.0 Å². The van der Waals surface area contributed by atoms with Crippen LogP contribution in [0.15, 0.2) is 6.07 Å². The van der Waals surface area contributed by atoms with Crippen molar-refractivity contribution in [1.29, 1.82) is 0 Å². The van der Waals surface area contributed by atoms with E-state index >= 15 is 0 Å². The Morgan fingerprint density at radius 3 is 2.55 bits per heavy atom. The first-order valence-corrected chi connectivity index (χ1v) is 7.42. The van der Waals surface area contributed by atoms with Gasteiger partial charge < -0.3 is 10.2 Å². The molecule has 106 valence electrons. The molecule has 2 aliphatic rings. The Bertz CT molecular complexity index is 662. The summed E-state index contributed by atoms with van der Waals surface area (Å²) in [6, 6.07) is 2.17. The predicted octanol–water partition coefficient (Wildman–Crippen LogP) is 1.31. The molecule has 0 saturated carbocycles. The van der Waals surface area contributed by atoms with Crippen molar-refractivity contribution in [2.75, 3.05) is 31.1 Å². The summed E-state index contributed by atoms with van der Waals surface area (Å²) in [5.74, 6) is 2.78. The molecule has 5 nitrogen and oxygen atoms in total. The number of nitrogens with one attached hydrogen (secondary N) is 1. The molecule has 2 aromatic heterocycles. The van der Waals surface area contributed by atoms with E-state index < -0.39 is 0 Å². The third kappa shape index (κ3) is 1.66. The molecule has 2 fully saturated rings. The van der Waals surface area contributed by atoms with E-state index in [0.29, 0.717) is 0 Å². The molecule has 2 atom stereocenters. The quantitative estimate of drug-likeness (QED) is 0.849. The summed E-state index contributed by atoms with van der Waals surface area (Å²) in [5, 5.41) is 8.19. The van der Waals surface area contributed by atoms with Crippen molar-refractivity contribution >= 4 is 11.5 Å². The maximum Gasteiger partial charge on any atom is 0.160 e. The van der Waals surface area contributed by atoms with Gasteiger partial charge in [0.1, 0.15) is 5.82 Å². The van der Waals surface area contributed by atoms with Crippen LogP contribution >= 0.6 is 0 Å². The molecule has 0 spiro atoms. The standard InChI is InChI=1S/C15H21N5/c1-9-4-14(19-7-12-5-16-6-13(12)8-19)20-15(17-9)10(2)11(3)18-20/h4,12-13,16H,5-8H2,1-3H3/t12-,13+. The van der Waals surface area contributed by atoms with Crippen LogP contribution in [0.2, 0.25) is 0 Å². The second-order valence-corrected chi connectivity index (χ2v) is 6.28. The van der Waals surface area contributed by atoms with Gasteiger partial charge in [0.05, 0.1) is 5.69 Å². The Morgan fingerprint density at radius 2 is 1.85 bits per heavy atom. The molecular formula is C15H21N5. The number of aryl methyl sites for hydroxylation is 3. The number of anilines is 1. The zero-order chi connectivity index (χ0) is 13.9. The third-order valence-electron chi connectivity index (χ3n) is 4.88. The largest absolute Gasteiger partial charge is 0.356 e. The third-order valence-corrected chi connectivity index (χ3v) is 4.88. The monoisotopic (exact) mass is 271 g/mol. The highest BCUT2D eigenvalue weighted by atomic mass is 15.4. The van der Waals surface area contributed by atoms with E-state index in [9.17, 15) is 0 Å². The van der Waals surface area contributed by atoms with Crippen LogP contribution in [0.25, 0.3) is 5.65 Å². The summed E-state index contributed by atoms with van der Waals surface area (Å²) in [7, 11) is 0.